The predicted octanol–water partition coefficient (Wildman–Crippen LogP) is 3.61. The smallest absolute Gasteiger partial charge is 0.462 e. The highest BCUT2D eigenvalue weighted by Gasteiger charge is 2.43. The molecule has 0 radical (unpaired) electrons. The highest BCUT2D eigenvalue weighted by molar-refractivity contribution is 6.74. The molecule has 1 rings (SSSR count). The Morgan fingerprint density at radius 3 is 2.29 bits per heavy atom. The van der Waals surface area contributed by atoms with E-state index in [0.29, 0.717) is 4.90 Å². The summed E-state index contributed by atoms with van der Waals surface area (Å²) in [6.45, 7) is 12.5. The van der Waals surface area contributed by atoms with Crippen molar-refractivity contribution in [1.29, 1.82) is 0 Å². The van der Waals surface area contributed by atoms with E-state index in [4.69, 9.17) is 9.16 Å². The Hall–Kier alpha value is -1.88. The molecule has 1 amide bonds. The van der Waals surface area contributed by atoms with Crippen molar-refractivity contribution >= 4 is 26.0 Å². The molecule has 11 heteroatoms. The van der Waals surface area contributed by atoms with Gasteiger partial charge in [0.05, 0.1) is 19.8 Å². The summed E-state index contributed by atoms with van der Waals surface area (Å²) in [7, 11) is -1.10. The lowest BCUT2D eigenvalue weighted by atomic mass is 10.2. The fraction of sp³-hybridized carbons (Fsp3) is 0.706. The summed E-state index contributed by atoms with van der Waals surface area (Å²) in [5.74, 6) is -3.38. The Balaban J connectivity index is 3.07. The van der Waals surface area contributed by atoms with E-state index in [1.54, 1.807) is 6.92 Å². The zero-order chi connectivity index (χ0) is 21.9. The molecule has 0 saturated heterocycles. The monoisotopic (exact) mass is 423 g/mol. The van der Waals surface area contributed by atoms with Crippen LogP contribution in [0.4, 0.5) is 19.0 Å². The van der Waals surface area contributed by atoms with Gasteiger partial charge in [0.1, 0.15) is 5.56 Å². The molecule has 0 aliphatic heterocycles. The van der Waals surface area contributed by atoms with Gasteiger partial charge in [-0.05, 0) is 25.1 Å². The van der Waals surface area contributed by atoms with Gasteiger partial charge >= 0.3 is 18.1 Å². The third-order valence-electron chi connectivity index (χ3n) is 4.69. The Bertz CT molecular complexity index is 711. The number of amides is 1. The number of hydrogen-bond donors (Lipinski definition) is 0. The average Bonchev–Trinajstić information content (AvgIpc) is 2.95. The molecule has 1 heterocycles. The number of aromatic nitrogens is 2. The van der Waals surface area contributed by atoms with Crippen molar-refractivity contribution in [3.63, 3.8) is 0 Å². The SMILES string of the molecule is CCOC(=O)c1cn(CCO[Si](C)(C)C(C)(C)C)nc1N(C)C(=O)C(F)(F)F. The van der Waals surface area contributed by atoms with E-state index in [-0.39, 0.29) is 30.4 Å². The molecule has 0 aliphatic rings. The second-order valence-corrected chi connectivity index (χ2v) is 12.6. The minimum atomic E-state index is -5.09. The Morgan fingerprint density at radius 1 is 1.25 bits per heavy atom. The Labute approximate surface area is 163 Å². The number of ether oxygens (including phenoxy) is 1. The molecule has 28 heavy (non-hydrogen) atoms. The standard InChI is InChI=1S/C17H28F3N3O4Si/c1-8-26-14(24)12-11-23(9-10-27-28(6,7)16(2,3)4)21-13(12)22(5)15(25)17(18,19)20/h11H,8-10H2,1-7H3. The molecule has 0 aliphatic carbocycles. The fourth-order valence-corrected chi connectivity index (χ4v) is 3.06. The first-order valence-corrected chi connectivity index (χ1v) is 11.8. The van der Waals surface area contributed by atoms with Gasteiger partial charge in [-0.15, -0.1) is 0 Å². The van der Waals surface area contributed by atoms with E-state index in [9.17, 15) is 22.8 Å². The predicted molar refractivity (Wildman–Crippen MR) is 101 cm³/mol. The van der Waals surface area contributed by atoms with Crippen LogP contribution in [0.3, 0.4) is 0 Å². The number of alkyl halides is 3. The van der Waals surface area contributed by atoms with Gasteiger partial charge in [0.15, 0.2) is 14.1 Å². The quantitative estimate of drug-likeness (QED) is 0.495. The van der Waals surface area contributed by atoms with E-state index in [1.165, 1.54) is 10.9 Å². The molecule has 0 bridgehead atoms. The van der Waals surface area contributed by atoms with Gasteiger partial charge in [0.25, 0.3) is 0 Å². The minimum absolute atomic E-state index is 0.00227. The third kappa shape index (κ3) is 5.81. The third-order valence-corrected chi connectivity index (χ3v) is 9.23. The first-order chi connectivity index (χ1) is 12.6. The van der Waals surface area contributed by atoms with E-state index in [0.717, 1.165) is 7.05 Å². The molecule has 0 atom stereocenters. The largest absolute Gasteiger partial charge is 0.471 e. The van der Waals surface area contributed by atoms with Crippen LogP contribution in [0.15, 0.2) is 6.20 Å². The molecule has 0 saturated carbocycles. The van der Waals surface area contributed by atoms with Crippen LogP contribution in [0, 0.1) is 0 Å². The van der Waals surface area contributed by atoms with E-state index < -0.39 is 32.2 Å². The van der Waals surface area contributed by atoms with Gasteiger partial charge in [-0.25, -0.2) is 4.79 Å². The van der Waals surface area contributed by atoms with Crippen molar-refractivity contribution in [2.45, 2.75) is 58.5 Å². The molecular formula is C17H28F3N3O4Si. The maximum absolute atomic E-state index is 12.8. The van der Waals surface area contributed by atoms with Gasteiger partial charge in [-0.3, -0.25) is 14.4 Å². The number of esters is 1. The second kappa shape index (κ2) is 8.64. The Morgan fingerprint density at radius 2 is 1.82 bits per heavy atom. The van der Waals surface area contributed by atoms with Crippen molar-refractivity contribution < 1.29 is 31.9 Å². The zero-order valence-electron chi connectivity index (χ0n) is 17.3. The van der Waals surface area contributed by atoms with Gasteiger partial charge in [0, 0.05) is 13.2 Å². The minimum Gasteiger partial charge on any atom is -0.462 e. The molecule has 0 spiro atoms. The Kier molecular flexibility index (Phi) is 7.45. The molecular weight excluding hydrogens is 395 g/mol. The number of rotatable bonds is 7. The lowest BCUT2D eigenvalue weighted by molar-refractivity contribution is -0.170. The van der Waals surface area contributed by atoms with Crippen molar-refractivity contribution in [1.82, 2.24) is 9.78 Å². The highest BCUT2D eigenvalue weighted by Crippen LogP contribution is 2.36. The number of anilines is 1. The van der Waals surface area contributed by atoms with E-state index in [2.05, 4.69) is 39.0 Å². The van der Waals surface area contributed by atoms with E-state index in [1.807, 2.05) is 0 Å². The van der Waals surface area contributed by atoms with Crippen molar-refractivity contribution in [3.8, 4) is 0 Å². The van der Waals surface area contributed by atoms with Crippen molar-refractivity contribution in [2.75, 3.05) is 25.2 Å². The molecule has 0 N–H and O–H groups in total. The zero-order valence-corrected chi connectivity index (χ0v) is 18.3. The van der Waals surface area contributed by atoms with Gasteiger partial charge in [0.2, 0.25) is 0 Å². The van der Waals surface area contributed by atoms with Crippen molar-refractivity contribution in [2.24, 2.45) is 0 Å². The fourth-order valence-electron chi connectivity index (χ4n) is 2.02. The molecule has 0 fully saturated rings. The lowest BCUT2D eigenvalue weighted by Crippen LogP contribution is -2.41. The lowest BCUT2D eigenvalue weighted by Gasteiger charge is -2.36. The average molecular weight is 424 g/mol. The maximum Gasteiger partial charge on any atom is 0.471 e. The van der Waals surface area contributed by atoms with Crippen LogP contribution in [0.2, 0.25) is 18.1 Å². The molecule has 0 aromatic carbocycles. The van der Waals surface area contributed by atoms with Crippen LogP contribution in [0.1, 0.15) is 38.1 Å². The van der Waals surface area contributed by atoms with Crippen molar-refractivity contribution in [3.05, 3.63) is 11.8 Å². The summed E-state index contributed by atoms with van der Waals surface area (Å²) in [4.78, 5) is 23.9. The van der Waals surface area contributed by atoms with Crippen LogP contribution in [0.5, 0.6) is 0 Å². The van der Waals surface area contributed by atoms with Crippen LogP contribution in [-0.2, 0) is 20.5 Å². The summed E-state index contributed by atoms with van der Waals surface area (Å²) in [6.07, 6.45) is -3.82. The topological polar surface area (TPSA) is 73.7 Å². The van der Waals surface area contributed by atoms with Gasteiger partial charge < -0.3 is 9.16 Å². The van der Waals surface area contributed by atoms with Crippen LogP contribution < -0.4 is 4.90 Å². The normalized spacial score (nSPS) is 12.8. The van der Waals surface area contributed by atoms with Crippen LogP contribution in [-0.4, -0.2) is 56.4 Å². The number of carbonyl (C=O) groups is 2. The summed E-state index contributed by atoms with van der Waals surface area (Å²) in [6, 6.07) is 0. The molecule has 7 nitrogen and oxygen atoms in total. The first kappa shape index (κ1) is 24.2. The first-order valence-electron chi connectivity index (χ1n) is 8.85. The summed E-state index contributed by atoms with van der Waals surface area (Å²) in [5.41, 5.74) is -0.214. The number of hydrogen-bond acceptors (Lipinski definition) is 5. The van der Waals surface area contributed by atoms with Gasteiger partial charge in [-0.2, -0.15) is 18.3 Å². The molecule has 1 aromatic rings. The highest BCUT2D eigenvalue weighted by atomic mass is 28.4. The molecule has 160 valence electrons. The second-order valence-electron chi connectivity index (χ2n) is 7.82. The molecule has 1 aromatic heterocycles. The maximum atomic E-state index is 12.8. The summed E-state index contributed by atoms with van der Waals surface area (Å²) < 4.78 is 50.5. The number of halogens is 3. The van der Waals surface area contributed by atoms with Crippen LogP contribution >= 0.6 is 0 Å². The summed E-state index contributed by atoms with van der Waals surface area (Å²) >= 11 is 0. The van der Waals surface area contributed by atoms with Gasteiger partial charge in [-0.1, -0.05) is 20.8 Å². The number of nitrogens with zero attached hydrogens (tertiary/aromatic N) is 3. The number of carbonyl (C=O) groups excluding carboxylic acids is 2. The molecule has 0 unspecified atom stereocenters. The summed E-state index contributed by atoms with van der Waals surface area (Å²) in [5, 5.41) is 3.98. The van der Waals surface area contributed by atoms with E-state index >= 15 is 0 Å². The van der Waals surface area contributed by atoms with Crippen LogP contribution in [0.25, 0.3) is 0 Å².